The predicted molar refractivity (Wildman–Crippen MR) is 114 cm³/mol. The van der Waals surface area contributed by atoms with E-state index in [-0.39, 0.29) is 10.8 Å². The number of methoxy groups -OCH3 is 1. The summed E-state index contributed by atoms with van der Waals surface area (Å²) in [7, 11) is -2.08. The second kappa shape index (κ2) is 9.41. The topological polar surface area (TPSA) is 75.7 Å². The molecule has 1 saturated heterocycles. The number of aryl methyl sites for hydroxylation is 2. The van der Waals surface area contributed by atoms with Gasteiger partial charge in [0.1, 0.15) is 5.75 Å². The molecule has 1 aliphatic rings. The Morgan fingerprint density at radius 2 is 1.76 bits per heavy atom. The van der Waals surface area contributed by atoms with Crippen molar-refractivity contribution in [2.45, 2.75) is 43.9 Å². The summed E-state index contributed by atoms with van der Waals surface area (Å²) in [6.07, 6.45) is 3.71. The highest BCUT2D eigenvalue weighted by atomic mass is 32.2. The van der Waals surface area contributed by atoms with Gasteiger partial charge in [0.05, 0.1) is 17.7 Å². The van der Waals surface area contributed by atoms with E-state index in [2.05, 4.69) is 5.32 Å². The van der Waals surface area contributed by atoms with Crippen molar-refractivity contribution in [3.05, 3.63) is 53.6 Å². The van der Waals surface area contributed by atoms with Crippen LogP contribution in [-0.2, 0) is 21.2 Å². The largest absolute Gasteiger partial charge is 0.495 e. The van der Waals surface area contributed by atoms with E-state index in [9.17, 15) is 13.2 Å². The van der Waals surface area contributed by atoms with Crippen LogP contribution in [0.5, 0.6) is 5.75 Å². The molecule has 156 valence electrons. The maximum Gasteiger partial charge on any atom is 0.243 e. The third-order valence-corrected chi connectivity index (χ3v) is 7.05. The lowest BCUT2D eigenvalue weighted by Crippen LogP contribution is -2.35. The van der Waals surface area contributed by atoms with E-state index >= 15 is 0 Å². The van der Waals surface area contributed by atoms with Crippen molar-refractivity contribution in [1.29, 1.82) is 0 Å². The zero-order valence-corrected chi connectivity index (χ0v) is 17.8. The van der Waals surface area contributed by atoms with Crippen LogP contribution < -0.4 is 10.1 Å². The summed E-state index contributed by atoms with van der Waals surface area (Å²) in [6.45, 7) is 3.09. The van der Waals surface area contributed by atoms with Gasteiger partial charge in [0, 0.05) is 19.5 Å². The molecule has 2 aromatic rings. The Kier molecular flexibility index (Phi) is 6.92. The van der Waals surface area contributed by atoms with Crippen LogP contribution in [0, 0.1) is 6.92 Å². The highest BCUT2D eigenvalue weighted by molar-refractivity contribution is 7.89. The molecule has 1 amide bonds. The minimum Gasteiger partial charge on any atom is -0.495 e. The molecule has 2 aromatic carbocycles. The number of benzene rings is 2. The van der Waals surface area contributed by atoms with Crippen LogP contribution in [-0.4, -0.2) is 38.8 Å². The Labute approximate surface area is 172 Å². The zero-order chi connectivity index (χ0) is 20.9. The third kappa shape index (κ3) is 5.36. The molecule has 7 heteroatoms. The number of hydrogen-bond acceptors (Lipinski definition) is 4. The number of carbonyl (C=O) groups is 1. The number of amides is 1. The molecule has 0 spiro atoms. The lowest BCUT2D eigenvalue weighted by Gasteiger charge is -2.26. The number of nitrogens with one attached hydrogen (secondary N) is 1. The van der Waals surface area contributed by atoms with Crippen LogP contribution >= 0.6 is 0 Å². The maximum absolute atomic E-state index is 12.9. The minimum absolute atomic E-state index is 0.175. The first kappa shape index (κ1) is 21.3. The van der Waals surface area contributed by atoms with Gasteiger partial charge in [0.2, 0.25) is 15.9 Å². The number of nitrogens with zero attached hydrogens (tertiary/aromatic N) is 1. The van der Waals surface area contributed by atoms with Gasteiger partial charge in [-0.15, -0.1) is 0 Å². The van der Waals surface area contributed by atoms with E-state index in [1.807, 2.05) is 31.2 Å². The van der Waals surface area contributed by atoms with Gasteiger partial charge >= 0.3 is 0 Å². The normalized spacial score (nSPS) is 15.1. The lowest BCUT2D eigenvalue weighted by molar-refractivity contribution is -0.116. The predicted octanol–water partition coefficient (Wildman–Crippen LogP) is 3.75. The van der Waals surface area contributed by atoms with Gasteiger partial charge in [0.15, 0.2) is 0 Å². The molecular formula is C22H28N2O4S. The minimum atomic E-state index is -3.58. The first-order valence-corrected chi connectivity index (χ1v) is 11.4. The molecule has 6 nitrogen and oxygen atoms in total. The standard InChI is InChI=1S/C22H28N2O4S/c1-17-6-8-18(9-7-17)10-13-22(25)23-20-16-19(11-12-21(20)28-2)29(26,27)24-14-4-3-5-15-24/h6-9,11-12,16H,3-5,10,13-15H2,1-2H3,(H,23,25). The quantitative estimate of drug-likeness (QED) is 0.746. The second-order valence-electron chi connectivity index (χ2n) is 7.36. The molecular weight excluding hydrogens is 388 g/mol. The van der Waals surface area contributed by atoms with Crippen molar-refractivity contribution in [2.75, 3.05) is 25.5 Å². The average molecular weight is 417 g/mol. The summed E-state index contributed by atoms with van der Waals surface area (Å²) < 4.78 is 32.7. The molecule has 1 aliphatic heterocycles. The van der Waals surface area contributed by atoms with Gasteiger partial charge in [-0.2, -0.15) is 4.31 Å². The summed E-state index contributed by atoms with van der Waals surface area (Å²) >= 11 is 0. The third-order valence-electron chi connectivity index (χ3n) is 5.16. The molecule has 1 N–H and O–H groups in total. The highest BCUT2D eigenvalue weighted by Gasteiger charge is 2.27. The molecule has 0 bridgehead atoms. The number of anilines is 1. The van der Waals surface area contributed by atoms with Gasteiger partial charge in [-0.1, -0.05) is 36.2 Å². The van der Waals surface area contributed by atoms with Crippen molar-refractivity contribution in [1.82, 2.24) is 4.31 Å². The molecule has 0 radical (unpaired) electrons. The van der Waals surface area contributed by atoms with E-state index in [1.165, 1.54) is 29.1 Å². The zero-order valence-electron chi connectivity index (χ0n) is 17.0. The first-order valence-electron chi connectivity index (χ1n) is 9.94. The van der Waals surface area contributed by atoms with E-state index in [1.54, 1.807) is 6.07 Å². The van der Waals surface area contributed by atoms with Crippen molar-refractivity contribution in [3.63, 3.8) is 0 Å². The van der Waals surface area contributed by atoms with Gasteiger partial charge in [0.25, 0.3) is 0 Å². The Bertz CT molecular complexity index is 949. The monoisotopic (exact) mass is 416 g/mol. The smallest absolute Gasteiger partial charge is 0.243 e. The fraction of sp³-hybridized carbons (Fsp3) is 0.409. The summed E-state index contributed by atoms with van der Waals surface area (Å²) in [5.74, 6) is 0.252. The SMILES string of the molecule is COc1ccc(S(=O)(=O)N2CCCCC2)cc1NC(=O)CCc1ccc(C)cc1. The van der Waals surface area contributed by atoms with Crippen LogP contribution in [0.3, 0.4) is 0 Å². The van der Waals surface area contributed by atoms with Crippen LogP contribution in [0.1, 0.15) is 36.8 Å². The van der Waals surface area contributed by atoms with Gasteiger partial charge in [-0.3, -0.25) is 4.79 Å². The van der Waals surface area contributed by atoms with Crippen molar-refractivity contribution in [2.24, 2.45) is 0 Å². The van der Waals surface area contributed by atoms with Crippen molar-refractivity contribution < 1.29 is 17.9 Å². The number of carbonyl (C=O) groups excluding carboxylic acids is 1. The summed E-state index contributed by atoms with van der Waals surface area (Å²) in [4.78, 5) is 12.6. The van der Waals surface area contributed by atoms with Crippen LogP contribution in [0.15, 0.2) is 47.4 Å². The first-order chi connectivity index (χ1) is 13.9. The Hall–Kier alpha value is -2.38. The van der Waals surface area contributed by atoms with Crippen molar-refractivity contribution in [3.8, 4) is 5.75 Å². The molecule has 1 heterocycles. The summed E-state index contributed by atoms with van der Waals surface area (Å²) in [5.41, 5.74) is 2.63. The number of hydrogen-bond donors (Lipinski definition) is 1. The fourth-order valence-electron chi connectivity index (χ4n) is 3.42. The summed E-state index contributed by atoms with van der Waals surface area (Å²) in [5, 5.41) is 2.81. The molecule has 0 atom stereocenters. The fourth-order valence-corrected chi connectivity index (χ4v) is 4.97. The van der Waals surface area contributed by atoms with Crippen LogP contribution in [0.25, 0.3) is 0 Å². The molecule has 0 aromatic heterocycles. The van der Waals surface area contributed by atoms with Crippen LogP contribution in [0.4, 0.5) is 5.69 Å². The van der Waals surface area contributed by atoms with E-state index in [0.717, 1.165) is 24.8 Å². The average Bonchev–Trinajstić information content (AvgIpc) is 2.74. The maximum atomic E-state index is 12.9. The molecule has 0 aliphatic carbocycles. The molecule has 3 rings (SSSR count). The Balaban J connectivity index is 1.72. The Morgan fingerprint density at radius 3 is 2.41 bits per heavy atom. The van der Waals surface area contributed by atoms with E-state index < -0.39 is 10.0 Å². The number of rotatable bonds is 7. The van der Waals surface area contributed by atoms with Gasteiger partial charge in [-0.05, 0) is 49.9 Å². The molecule has 29 heavy (non-hydrogen) atoms. The summed E-state index contributed by atoms with van der Waals surface area (Å²) in [6, 6.07) is 12.7. The lowest BCUT2D eigenvalue weighted by atomic mass is 10.1. The molecule has 1 fully saturated rings. The number of piperidine rings is 1. The highest BCUT2D eigenvalue weighted by Crippen LogP contribution is 2.30. The molecule has 0 unspecified atom stereocenters. The second-order valence-corrected chi connectivity index (χ2v) is 9.30. The van der Waals surface area contributed by atoms with Gasteiger partial charge < -0.3 is 10.1 Å². The van der Waals surface area contributed by atoms with E-state index in [4.69, 9.17) is 4.74 Å². The van der Waals surface area contributed by atoms with Crippen LogP contribution in [0.2, 0.25) is 0 Å². The molecule has 0 saturated carbocycles. The number of sulfonamides is 1. The van der Waals surface area contributed by atoms with Gasteiger partial charge in [-0.25, -0.2) is 8.42 Å². The van der Waals surface area contributed by atoms with Crippen molar-refractivity contribution >= 4 is 21.6 Å². The Morgan fingerprint density at radius 1 is 1.07 bits per heavy atom. The van der Waals surface area contributed by atoms with E-state index in [0.29, 0.717) is 37.4 Å². The number of ether oxygens (including phenoxy) is 1.